The van der Waals surface area contributed by atoms with Crippen LogP contribution in [0.25, 0.3) is 10.9 Å². The van der Waals surface area contributed by atoms with E-state index < -0.39 is 0 Å². The first-order chi connectivity index (χ1) is 10.2. The summed E-state index contributed by atoms with van der Waals surface area (Å²) in [7, 11) is 0. The van der Waals surface area contributed by atoms with Crippen LogP contribution in [0.3, 0.4) is 0 Å². The predicted octanol–water partition coefficient (Wildman–Crippen LogP) is 3.38. The topological polar surface area (TPSA) is 31.1 Å². The summed E-state index contributed by atoms with van der Waals surface area (Å²) >= 11 is 0. The van der Waals surface area contributed by atoms with E-state index in [0.717, 1.165) is 19.0 Å². The summed E-state index contributed by atoms with van der Waals surface area (Å²) in [5, 5.41) is 5.02. The number of hydrogen-bond acceptors (Lipinski definition) is 2. The fourth-order valence-corrected chi connectivity index (χ4v) is 3.45. The molecule has 2 heterocycles. The number of fused-ring (bicyclic) bond motifs is 1. The van der Waals surface area contributed by atoms with Crippen LogP contribution in [0.15, 0.2) is 30.5 Å². The number of nitrogens with one attached hydrogen (secondary N) is 2. The lowest BCUT2D eigenvalue weighted by atomic mass is 9.97. The summed E-state index contributed by atoms with van der Waals surface area (Å²) in [5.41, 5.74) is 2.63. The molecule has 1 aromatic carbocycles. The van der Waals surface area contributed by atoms with Gasteiger partial charge in [-0.2, -0.15) is 0 Å². The molecule has 114 valence electrons. The van der Waals surface area contributed by atoms with Gasteiger partial charge in [-0.05, 0) is 63.4 Å². The van der Waals surface area contributed by atoms with E-state index in [4.69, 9.17) is 0 Å². The molecule has 0 spiro atoms. The van der Waals surface area contributed by atoms with E-state index in [1.807, 2.05) is 6.20 Å². The van der Waals surface area contributed by atoms with E-state index in [0.29, 0.717) is 6.04 Å². The van der Waals surface area contributed by atoms with E-state index in [2.05, 4.69) is 53.3 Å². The molecule has 3 heteroatoms. The number of H-pyrrole nitrogens is 1. The van der Waals surface area contributed by atoms with Crippen molar-refractivity contribution in [3.63, 3.8) is 0 Å². The molecule has 1 unspecified atom stereocenters. The lowest BCUT2D eigenvalue weighted by Gasteiger charge is -2.35. The molecule has 1 aliphatic heterocycles. The van der Waals surface area contributed by atoms with Gasteiger partial charge < -0.3 is 15.2 Å². The number of nitrogens with zero attached hydrogens (tertiary/aromatic N) is 1. The van der Waals surface area contributed by atoms with Crippen LogP contribution in [0.5, 0.6) is 0 Å². The summed E-state index contributed by atoms with van der Waals surface area (Å²) in [5.74, 6) is 0.798. The van der Waals surface area contributed by atoms with Gasteiger partial charge in [0, 0.05) is 36.2 Å². The zero-order valence-electron chi connectivity index (χ0n) is 13.2. The van der Waals surface area contributed by atoms with Gasteiger partial charge in [0.2, 0.25) is 0 Å². The lowest BCUT2D eigenvalue weighted by molar-refractivity contribution is 0.138. The summed E-state index contributed by atoms with van der Waals surface area (Å²) in [4.78, 5) is 5.90. The fraction of sp³-hybridized carbons (Fsp3) is 0.556. The normalized spacial score (nSPS) is 20.4. The van der Waals surface area contributed by atoms with Crippen LogP contribution >= 0.6 is 0 Å². The quantitative estimate of drug-likeness (QED) is 0.882. The molecule has 1 aromatic heterocycles. The maximum absolute atomic E-state index is 3.67. The molecule has 2 aromatic rings. The van der Waals surface area contributed by atoms with E-state index in [1.165, 1.54) is 42.4 Å². The second-order valence-electron chi connectivity index (χ2n) is 6.58. The van der Waals surface area contributed by atoms with Crippen molar-refractivity contribution in [3.8, 4) is 0 Å². The third kappa shape index (κ3) is 3.47. The Kier molecular flexibility index (Phi) is 4.61. The largest absolute Gasteiger partial charge is 0.361 e. The van der Waals surface area contributed by atoms with Crippen molar-refractivity contribution in [2.75, 3.05) is 19.6 Å². The van der Waals surface area contributed by atoms with Gasteiger partial charge in [0.25, 0.3) is 0 Å². The molecule has 3 rings (SSSR count). The summed E-state index contributed by atoms with van der Waals surface area (Å²) in [6.07, 6.45) is 4.73. The minimum atomic E-state index is 0.682. The zero-order chi connectivity index (χ0) is 14.7. The number of aromatic nitrogens is 1. The second-order valence-corrected chi connectivity index (χ2v) is 6.58. The SMILES string of the molecule is CC(C)N1CCCC(CNCc2cccc3[nH]ccc23)C1. The molecule has 0 aliphatic carbocycles. The third-order valence-corrected chi connectivity index (χ3v) is 4.71. The lowest BCUT2D eigenvalue weighted by Crippen LogP contribution is -2.42. The zero-order valence-corrected chi connectivity index (χ0v) is 13.2. The molecule has 0 amide bonds. The molecule has 0 saturated carbocycles. The van der Waals surface area contributed by atoms with Crippen molar-refractivity contribution in [2.45, 2.75) is 39.3 Å². The average molecular weight is 285 g/mol. The van der Waals surface area contributed by atoms with Crippen molar-refractivity contribution >= 4 is 10.9 Å². The highest BCUT2D eigenvalue weighted by atomic mass is 15.2. The Morgan fingerprint density at radius 3 is 3.10 bits per heavy atom. The van der Waals surface area contributed by atoms with E-state index >= 15 is 0 Å². The molecule has 0 radical (unpaired) electrons. The number of piperidine rings is 1. The molecule has 1 saturated heterocycles. The number of hydrogen-bond donors (Lipinski definition) is 2. The number of benzene rings is 1. The van der Waals surface area contributed by atoms with Crippen LogP contribution in [0.2, 0.25) is 0 Å². The van der Waals surface area contributed by atoms with Crippen molar-refractivity contribution in [1.82, 2.24) is 15.2 Å². The highest BCUT2D eigenvalue weighted by Gasteiger charge is 2.21. The first-order valence-corrected chi connectivity index (χ1v) is 8.24. The molecule has 2 N–H and O–H groups in total. The Bertz CT molecular complexity index is 573. The summed E-state index contributed by atoms with van der Waals surface area (Å²) < 4.78 is 0. The van der Waals surface area contributed by atoms with Gasteiger partial charge in [0.05, 0.1) is 0 Å². The predicted molar refractivity (Wildman–Crippen MR) is 89.4 cm³/mol. The van der Waals surface area contributed by atoms with E-state index in [-0.39, 0.29) is 0 Å². The molecule has 0 bridgehead atoms. The highest BCUT2D eigenvalue weighted by Crippen LogP contribution is 2.19. The molecule has 21 heavy (non-hydrogen) atoms. The average Bonchev–Trinajstić information content (AvgIpc) is 2.97. The van der Waals surface area contributed by atoms with Crippen LogP contribution < -0.4 is 5.32 Å². The van der Waals surface area contributed by atoms with Crippen LogP contribution in [0.1, 0.15) is 32.3 Å². The van der Waals surface area contributed by atoms with Crippen molar-refractivity contribution in [2.24, 2.45) is 5.92 Å². The Hall–Kier alpha value is -1.32. The second kappa shape index (κ2) is 6.63. The minimum Gasteiger partial charge on any atom is -0.361 e. The Morgan fingerprint density at radius 2 is 2.24 bits per heavy atom. The Labute approximate surface area is 127 Å². The van der Waals surface area contributed by atoms with Gasteiger partial charge in [0.15, 0.2) is 0 Å². The standard InChI is InChI=1S/C18H27N3/c1-14(2)21-10-4-5-15(13-21)11-19-12-16-6-3-7-18-17(16)8-9-20-18/h3,6-9,14-15,19-20H,4-5,10-13H2,1-2H3. The molecule has 1 fully saturated rings. The smallest absolute Gasteiger partial charge is 0.0457 e. The molecule has 1 atom stereocenters. The fourth-order valence-electron chi connectivity index (χ4n) is 3.45. The molecular weight excluding hydrogens is 258 g/mol. The first-order valence-electron chi connectivity index (χ1n) is 8.24. The van der Waals surface area contributed by atoms with Crippen LogP contribution in [0, 0.1) is 5.92 Å². The molecule has 1 aliphatic rings. The maximum atomic E-state index is 3.67. The van der Waals surface area contributed by atoms with Crippen LogP contribution in [-0.2, 0) is 6.54 Å². The van der Waals surface area contributed by atoms with Gasteiger partial charge in [-0.3, -0.25) is 0 Å². The van der Waals surface area contributed by atoms with E-state index in [1.54, 1.807) is 0 Å². The van der Waals surface area contributed by atoms with Crippen LogP contribution in [0.4, 0.5) is 0 Å². The van der Waals surface area contributed by atoms with Crippen molar-refractivity contribution in [1.29, 1.82) is 0 Å². The maximum Gasteiger partial charge on any atom is 0.0457 e. The van der Waals surface area contributed by atoms with Gasteiger partial charge in [-0.25, -0.2) is 0 Å². The van der Waals surface area contributed by atoms with Crippen molar-refractivity contribution in [3.05, 3.63) is 36.0 Å². The Morgan fingerprint density at radius 1 is 1.33 bits per heavy atom. The monoisotopic (exact) mass is 285 g/mol. The van der Waals surface area contributed by atoms with Gasteiger partial charge >= 0.3 is 0 Å². The summed E-state index contributed by atoms with van der Waals surface area (Å²) in [6.45, 7) is 9.23. The molecular formula is C18H27N3. The summed E-state index contributed by atoms with van der Waals surface area (Å²) in [6, 6.07) is 9.36. The van der Waals surface area contributed by atoms with Gasteiger partial charge in [-0.1, -0.05) is 12.1 Å². The van der Waals surface area contributed by atoms with Crippen LogP contribution in [-0.4, -0.2) is 35.6 Å². The molecule has 3 nitrogen and oxygen atoms in total. The van der Waals surface area contributed by atoms with Crippen molar-refractivity contribution < 1.29 is 0 Å². The van der Waals surface area contributed by atoms with Gasteiger partial charge in [0.1, 0.15) is 0 Å². The van der Waals surface area contributed by atoms with E-state index in [9.17, 15) is 0 Å². The first kappa shape index (κ1) is 14.6. The third-order valence-electron chi connectivity index (χ3n) is 4.71. The number of rotatable bonds is 5. The number of likely N-dealkylation sites (tertiary alicyclic amines) is 1. The van der Waals surface area contributed by atoms with Gasteiger partial charge in [-0.15, -0.1) is 0 Å². The minimum absolute atomic E-state index is 0.682. The highest BCUT2D eigenvalue weighted by molar-refractivity contribution is 5.82. The Balaban J connectivity index is 1.53. The number of aromatic amines is 1.